The number of carbonyl (C=O) groups is 2. The Balaban J connectivity index is 2.01. The molecule has 0 unspecified atom stereocenters. The Hall–Kier alpha value is -2.26. The van der Waals surface area contributed by atoms with Gasteiger partial charge in [0.1, 0.15) is 6.04 Å². The van der Waals surface area contributed by atoms with Crippen LogP contribution in [0.15, 0.2) is 29.4 Å². The highest BCUT2D eigenvalue weighted by Gasteiger charge is 2.23. The fourth-order valence-corrected chi connectivity index (χ4v) is 3.28. The largest absolute Gasteiger partial charge is 0.467 e. The minimum Gasteiger partial charge on any atom is -0.467 e. The molecule has 0 aliphatic heterocycles. The van der Waals surface area contributed by atoms with E-state index in [4.69, 9.17) is 22.2 Å². The van der Waals surface area contributed by atoms with Gasteiger partial charge < -0.3 is 15.9 Å². The molecule has 2 aromatic rings. The fourth-order valence-electron chi connectivity index (χ4n) is 2.40. The Bertz CT molecular complexity index is 812. The Kier molecular flexibility index (Phi) is 7.49. The van der Waals surface area contributed by atoms with Gasteiger partial charge in [-0.15, -0.1) is 10.2 Å². The van der Waals surface area contributed by atoms with Crippen molar-refractivity contribution < 1.29 is 14.3 Å². The van der Waals surface area contributed by atoms with E-state index in [2.05, 4.69) is 15.5 Å². The van der Waals surface area contributed by atoms with Gasteiger partial charge in [-0.2, -0.15) is 0 Å². The molecule has 2 rings (SSSR count). The van der Waals surface area contributed by atoms with Gasteiger partial charge in [0.25, 0.3) is 0 Å². The summed E-state index contributed by atoms with van der Waals surface area (Å²) in [4.78, 5) is 24.0. The van der Waals surface area contributed by atoms with Crippen LogP contribution in [0.2, 0.25) is 5.02 Å². The van der Waals surface area contributed by atoms with Crippen molar-refractivity contribution in [2.75, 3.05) is 18.7 Å². The normalized spacial score (nSPS) is 12.0. The van der Waals surface area contributed by atoms with Crippen molar-refractivity contribution in [2.24, 2.45) is 5.92 Å². The molecule has 27 heavy (non-hydrogen) atoms. The van der Waals surface area contributed by atoms with Crippen LogP contribution in [0.1, 0.15) is 20.3 Å². The zero-order chi connectivity index (χ0) is 20.0. The summed E-state index contributed by atoms with van der Waals surface area (Å²) in [5.74, 6) is 5.90. The van der Waals surface area contributed by atoms with E-state index < -0.39 is 12.0 Å². The number of thioether (sulfide) groups is 1. The van der Waals surface area contributed by atoms with E-state index in [0.29, 0.717) is 28.0 Å². The number of amides is 1. The van der Waals surface area contributed by atoms with Crippen LogP contribution in [-0.2, 0) is 14.3 Å². The molecular weight excluding hydrogens is 390 g/mol. The molecule has 0 saturated carbocycles. The average Bonchev–Trinajstić information content (AvgIpc) is 2.99. The second-order valence-corrected chi connectivity index (χ2v) is 7.57. The third kappa shape index (κ3) is 5.61. The molecule has 146 valence electrons. The lowest BCUT2D eigenvalue weighted by Crippen LogP contribution is -2.43. The molecule has 0 aliphatic rings. The summed E-state index contributed by atoms with van der Waals surface area (Å²) >= 11 is 7.27. The first-order chi connectivity index (χ1) is 12.8. The Morgan fingerprint density at radius 3 is 2.67 bits per heavy atom. The molecule has 1 heterocycles. The van der Waals surface area contributed by atoms with Crippen molar-refractivity contribution >= 4 is 35.2 Å². The Labute approximate surface area is 166 Å². The van der Waals surface area contributed by atoms with Gasteiger partial charge in [0.05, 0.1) is 17.9 Å². The number of aromatic nitrogens is 3. The van der Waals surface area contributed by atoms with Crippen LogP contribution in [-0.4, -0.2) is 45.7 Å². The van der Waals surface area contributed by atoms with Crippen molar-refractivity contribution in [3.05, 3.63) is 29.3 Å². The van der Waals surface area contributed by atoms with Gasteiger partial charge in [-0.1, -0.05) is 49.3 Å². The minimum absolute atomic E-state index is 0.0312. The van der Waals surface area contributed by atoms with Crippen LogP contribution in [0.3, 0.4) is 0 Å². The van der Waals surface area contributed by atoms with E-state index in [1.54, 1.807) is 18.2 Å². The van der Waals surface area contributed by atoms with Crippen LogP contribution >= 0.6 is 23.4 Å². The number of halogens is 1. The molecule has 8 nitrogen and oxygen atoms in total. The SMILES string of the molecule is COC(=O)[C@H](CC(C)C)NC(=O)CSc1nnc(-c2ccccc2Cl)n1N. The number of hydrogen-bond acceptors (Lipinski definition) is 7. The number of hydrogen-bond donors (Lipinski definition) is 2. The second-order valence-electron chi connectivity index (χ2n) is 6.22. The van der Waals surface area contributed by atoms with Crippen LogP contribution in [0.5, 0.6) is 0 Å². The monoisotopic (exact) mass is 411 g/mol. The maximum Gasteiger partial charge on any atom is 0.328 e. The summed E-state index contributed by atoms with van der Waals surface area (Å²) in [6, 6.07) is 6.45. The van der Waals surface area contributed by atoms with Crippen LogP contribution in [0.4, 0.5) is 0 Å². The first kappa shape index (κ1) is 21.0. The summed E-state index contributed by atoms with van der Waals surface area (Å²) in [7, 11) is 1.30. The van der Waals surface area contributed by atoms with Gasteiger partial charge in [-0.3, -0.25) is 4.79 Å². The zero-order valence-corrected chi connectivity index (χ0v) is 16.9. The first-order valence-electron chi connectivity index (χ1n) is 8.28. The first-order valence-corrected chi connectivity index (χ1v) is 9.65. The maximum atomic E-state index is 12.2. The number of benzene rings is 1. The molecule has 1 atom stereocenters. The number of carbonyl (C=O) groups excluding carboxylic acids is 2. The number of rotatable bonds is 8. The average molecular weight is 412 g/mol. The standard InChI is InChI=1S/C17H22ClN5O3S/c1-10(2)8-13(16(25)26-3)20-14(24)9-27-17-22-21-15(23(17)19)11-6-4-5-7-12(11)18/h4-7,10,13H,8-9,19H2,1-3H3,(H,20,24)/t13-/m0/s1. The van der Waals surface area contributed by atoms with E-state index in [1.165, 1.54) is 11.8 Å². The smallest absolute Gasteiger partial charge is 0.328 e. The molecule has 0 bridgehead atoms. The summed E-state index contributed by atoms with van der Waals surface area (Å²) < 4.78 is 6.02. The van der Waals surface area contributed by atoms with Crippen molar-refractivity contribution in [3.63, 3.8) is 0 Å². The van der Waals surface area contributed by atoms with Crippen LogP contribution in [0, 0.1) is 5.92 Å². The highest BCUT2D eigenvalue weighted by atomic mass is 35.5. The molecule has 0 radical (unpaired) electrons. The second kappa shape index (κ2) is 9.61. The van der Waals surface area contributed by atoms with Gasteiger partial charge in [-0.25, -0.2) is 9.47 Å². The number of methoxy groups -OCH3 is 1. The van der Waals surface area contributed by atoms with Crippen LogP contribution in [0.25, 0.3) is 11.4 Å². The van der Waals surface area contributed by atoms with Gasteiger partial charge in [-0.05, 0) is 24.5 Å². The van der Waals surface area contributed by atoms with Gasteiger partial charge in [0.2, 0.25) is 11.1 Å². The maximum absolute atomic E-state index is 12.2. The molecule has 1 amide bonds. The number of ether oxygens (including phenoxy) is 1. The third-order valence-corrected chi connectivity index (χ3v) is 4.91. The number of nitrogens with one attached hydrogen (secondary N) is 1. The molecular formula is C17H22ClN5O3S. The van der Waals surface area contributed by atoms with E-state index in [-0.39, 0.29) is 17.6 Å². The molecule has 0 fully saturated rings. The predicted octanol–water partition coefficient (Wildman–Crippen LogP) is 2.11. The minimum atomic E-state index is -0.683. The fraction of sp³-hybridized carbons (Fsp3) is 0.412. The van der Waals surface area contributed by atoms with E-state index in [1.807, 2.05) is 19.9 Å². The van der Waals surface area contributed by atoms with Crippen molar-refractivity contribution in [3.8, 4) is 11.4 Å². The van der Waals surface area contributed by atoms with E-state index in [0.717, 1.165) is 11.8 Å². The Morgan fingerprint density at radius 1 is 1.33 bits per heavy atom. The molecule has 10 heteroatoms. The van der Waals surface area contributed by atoms with Gasteiger partial charge in [0, 0.05) is 5.56 Å². The van der Waals surface area contributed by atoms with Gasteiger partial charge >= 0.3 is 5.97 Å². The third-order valence-electron chi connectivity index (χ3n) is 3.64. The molecule has 1 aromatic heterocycles. The molecule has 0 spiro atoms. The van der Waals surface area contributed by atoms with Crippen molar-refractivity contribution in [2.45, 2.75) is 31.5 Å². The predicted molar refractivity (Wildman–Crippen MR) is 105 cm³/mol. The zero-order valence-electron chi connectivity index (χ0n) is 15.3. The van der Waals surface area contributed by atoms with E-state index in [9.17, 15) is 9.59 Å². The molecule has 0 saturated heterocycles. The summed E-state index contributed by atoms with van der Waals surface area (Å²) in [5, 5.41) is 11.6. The number of nitrogens with zero attached hydrogens (tertiary/aromatic N) is 3. The lowest BCUT2D eigenvalue weighted by molar-refractivity contribution is -0.145. The molecule has 0 aliphatic carbocycles. The van der Waals surface area contributed by atoms with E-state index >= 15 is 0 Å². The topological polar surface area (TPSA) is 112 Å². The number of nitrogens with two attached hydrogens (primary N) is 1. The lowest BCUT2D eigenvalue weighted by Gasteiger charge is -2.18. The summed E-state index contributed by atoms with van der Waals surface area (Å²) in [6.07, 6.45) is 0.493. The number of nitrogen functional groups attached to an aromatic ring is 1. The Morgan fingerprint density at radius 2 is 2.04 bits per heavy atom. The quantitative estimate of drug-likeness (QED) is 0.388. The lowest BCUT2D eigenvalue weighted by atomic mass is 10.0. The number of esters is 1. The molecule has 1 aromatic carbocycles. The summed E-state index contributed by atoms with van der Waals surface area (Å²) in [5.41, 5.74) is 0.646. The molecule has 3 N–H and O–H groups in total. The van der Waals surface area contributed by atoms with Crippen molar-refractivity contribution in [1.82, 2.24) is 20.2 Å². The highest BCUT2D eigenvalue weighted by Crippen LogP contribution is 2.27. The van der Waals surface area contributed by atoms with Crippen molar-refractivity contribution in [1.29, 1.82) is 0 Å². The van der Waals surface area contributed by atoms with Gasteiger partial charge in [0.15, 0.2) is 5.82 Å². The highest BCUT2D eigenvalue weighted by molar-refractivity contribution is 7.99. The van der Waals surface area contributed by atoms with Crippen LogP contribution < -0.4 is 11.2 Å². The summed E-state index contributed by atoms with van der Waals surface area (Å²) in [6.45, 7) is 3.92.